The number of aromatic amines is 1. The molecule has 6 nitrogen and oxygen atoms in total. The van der Waals surface area contributed by atoms with E-state index in [0.29, 0.717) is 49.4 Å². The summed E-state index contributed by atoms with van der Waals surface area (Å²) in [4.78, 5) is 31.8. The molecule has 0 saturated heterocycles. The molecule has 0 bridgehead atoms. The number of hydrogen-bond donors (Lipinski definition) is 2. The molecule has 1 aliphatic heterocycles. The first-order valence-corrected chi connectivity index (χ1v) is 7.36. The van der Waals surface area contributed by atoms with Crippen LogP contribution in [0, 0.1) is 5.82 Å². The fourth-order valence-electron chi connectivity index (χ4n) is 2.73. The Morgan fingerprint density at radius 2 is 1.96 bits per heavy atom. The SMILES string of the molecule is O=C(O)N1CCc2nc(Cc3ccc(F)cc3)[nH]c(=O)c2CC1. The summed E-state index contributed by atoms with van der Waals surface area (Å²) in [5.41, 5.74) is 1.82. The summed E-state index contributed by atoms with van der Waals surface area (Å²) in [7, 11) is 0. The van der Waals surface area contributed by atoms with E-state index in [1.54, 1.807) is 12.1 Å². The highest BCUT2D eigenvalue weighted by molar-refractivity contribution is 5.65. The average molecular weight is 317 g/mol. The highest BCUT2D eigenvalue weighted by atomic mass is 19.1. The lowest BCUT2D eigenvalue weighted by atomic mass is 10.1. The van der Waals surface area contributed by atoms with E-state index in [1.165, 1.54) is 17.0 Å². The number of hydrogen-bond acceptors (Lipinski definition) is 3. The standard InChI is InChI=1S/C16H16FN3O3/c17-11-3-1-10(2-4-11)9-14-18-13-6-8-20(16(22)23)7-5-12(13)15(21)19-14/h1-4H,5-9H2,(H,22,23)(H,18,19,21). The van der Waals surface area contributed by atoms with Gasteiger partial charge in [0, 0.05) is 31.5 Å². The summed E-state index contributed by atoms with van der Waals surface area (Å²) in [5, 5.41) is 9.07. The van der Waals surface area contributed by atoms with Crippen LogP contribution in [0.2, 0.25) is 0 Å². The summed E-state index contributed by atoms with van der Waals surface area (Å²) in [5.74, 6) is 0.190. The molecule has 0 unspecified atom stereocenters. The number of aromatic nitrogens is 2. The molecule has 0 aliphatic carbocycles. The van der Waals surface area contributed by atoms with E-state index in [9.17, 15) is 14.0 Å². The lowest BCUT2D eigenvalue weighted by Crippen LogP contribution is -2.31. The summed E-state index contributed by atoms with van der Waals surface area (Å²) in [6, 6.07) is 6.02. The van der Waals surface area contributed by atoms with Crippen LogP contribution in [0.3, 0.4) is 0 Å². The van der Waals surface area contributed by atoms with Crippen molar-refractivity contribution in [2.24, 2.45) is 0 Å². The molecule has 23 heavy (non-hydrogen) atoms. The van der Waals surface area contributed by atoms with Gasteiger partial charge in [-0.05, 0) is 24.1 Å². The Morgan fingerprint density at radius 1 is 1.26 bits per heavy atom. The molecule has 2 N–H and O–H groups in total. The molecule has 7 heteroatoms. The largest absolute Gasteiger partial charge is 0.465 e. The van der Waals surface area contributed by atoms with Gasteiger partial charge >= 0.3 is 6.09 Å². The summed E-state index contributed by atoms with van der Waals surface area (Å²) >= 11 is 0. The molecule has 0 fully saturated rings. The predicted molar refractivity (Wildman–Crippen MR) is 81.1 cm³/mol. The second kappa shape index (κ2) is 6.20. The second-order valence-corrected chi connectivity index (χ2v) is 5.51. The average Bonchev–Trinajstić information content (AvgIpc) is 2.73. The van der Waals surface area contributed by atoms with Crippen LogP contribution in [0.25, 0.3) is 0 Å². The number of nitrogens with one attached hydrogen (secondary N) is 1. The molecular formula is C16H16FN3O3. The number of nitrogens with zero attached hydrogens (tertiary/aromatic N) is 2. The maximum atomic E-state index is 12.9. The first kappa shape index (κ1) is 15.2. The van der Waals surface area contributed by atoms with Gasteiger partial charge in [-0.2, -0.15) is 0 Å². The van der Waals surface area contributed by atoms with E-state index in [4.69, 9.17) is 5.11 Å². The molecule has 120 valence electrons. The fourth-order valence-corrected chi connectivity index (χ4v) is 2.73. The zero-order valence-electron chi connectivity index (χ0n) is 12.4. The number of fused-ring (bicyclic) bond motifs is 1. The van der Waals surface area contributed by atoms with Crippen molar-refractivity contribution >= 4 is 6.09 Å². The number of benzene rings is 1. The Bertz CT molecular complexity index is 786. The molecular weight excluding hydrogens is 301 g/mol. The number of halogens is 1. The van der Waals surface area contributed by atoms with Crippen LogP contribution in [0.4, 0.5) is 9.18 Å². The van der Waals surface area contributed by atoms with E-state index in [0.717, 1.165) is 5.56 Å². The number of H-pyrrole nitrogens is 1. The third-order valence-electron chi connectivity index (χ3n) is 3.96. The Kier molecular flexibility index (Phi) is 4.10. The zero-order chi connectivity index (χ0) is 16.4. The molecule has 0 spiro atoms. The fraction of sp³-hybridized carbons (Fsp3) is 0.312. The molecule has 1 aromatic heterocycles. The zero-order valence-corrected chi connectivity index (χ0v) is 12.4. The van der Waals surface area contributed by atoms with Crippen molar-refractivity contribution in [2.75, 3.05) is 13.1 Å². The Balaban J connectivity index is 1.86. The second-order valence-electron chi connectivity index (χ2n) is 5.51. The highest BCUT2D eigenvalue weighted by Crippen LogP contribution is 2.12. The van der Waals surface area contributed by atoms with Crippen molar-refractivity contribution in [3.63, 3.8) is 0 Å². The summed E-state index contributed by atoms with van der Waals surface area (Å²) in [6.45, 7) is 0.624. The molecule has 1 aliphatic rings. The van der Waals surface area contributed by atoms with Crippen molar-refractivity contribution in [3.8, 4) is 0 Å². The van der Waals surface area contributed by atoms with E-state index in [1.807, 2.05) is 0 Å². The van der Waals surface area contributed by atoms with Gasteiger partial charge in [0.1, 0.15) is 11.6 Å². The smallest absolute Gasteiger partial charge is 0.407 e. The van der Waals surface area contributed by atoms with Crippen LogP contribution in [-0.2, 0) is 19.3 Å². The van der Waals surface area contributed by atoms with Gasteiger partial charge in [-0.3, -0.25) is 4.79 Å². The van der Waals surface area contributed by atoms with Gasteiger partial charge in [0.25, 0.3) is 5.56 Å². The first-order valence-electron chi connectivity index (χ1n) is 7.36. The van der Waals surface area contributed by atoms with Crippen LogP contribution in [0.5, 0.6) is 0 Å². The summed E-state index contributed by atoms with van der Waals surface area (Å²) in [6.07, 6.45) is 0.189. The van der Waals surface area contributed by atoms with E-state index < -0.39 is 6.09 Å². The molecule has 1 amide bonds. The number of amides is 1. The molecule has 1 aromatic carbocycles. The van der Waals surface area contributed by atoms with Gasteiger partial charge < -0.3 is 15.0 Å². The highest BCUT2D eigenvalue weighted by Gasteiger charge is 2.21. The van der Waals surface area contributed by atoms with Gasteiger partial charge in [0.15, 0.2) is 0 Å². The minimum Gasteiger partial charge on any atom is -0.465 e. The van der Waals surface area contributed by atoms with E-state index >= 15 is 0 Å². The molecule has 0 saturated carbocycles. The van der Waals surface area contributed by atoms with Crippen LogP contribution in [0.15, 0.2) is 29.1 Å². The van der Waals surface area contributed by atoms with Crippen LogP contribution in [0.1, 0.15) is 22.6 Å². The van der Waals surface area contributed by atoms with Crippen molar-refractivity contribution in [3.05, 3.63) is 63.1 Å². The van der Waals surface area contributed by atoms with Crippen LogP contribution >= 0.6 is 0 Å². The van der Waals surface area contributed by atoms with Gasteiger partial charge in [0.05, 0.1) is 5.69 Å². The quantitative estimate of drug-likeness (QED) is 0.880. The van der Waals surface area contributed by atoms with Crippen molar-refractivity contribution < 1.29 is 14.3 Å². The number of carbonyl (C=O) groups is 1. The van der Waals surface area contributed by atoms with Gasteiger partial charge in [0.2, 0.25) is 0 Å². The van der Waals surface area contributed by atoms with E-state index in [-0.39, 0.29) is 11.4 Å². The third kappa shape index (κ3) is 3.39. The van der Waals surface area contributed by atoms with Gasteiger partial charge in [-0.25, -0.2) is 14.2 Å². The Morgan fingerprint density at radius 3 is 2.65 bits per heavy atom. The summed E-state index contributed by atoms with van der Waals surface area (Å²) < 4.78 is 12.9. The van der Waals surface area contributed by atoms with Crippen LogP contribution < -0.4 is 5.56 Å². The van der Waals surface area contributed by atoms with Gasteiger partial charge in [-0.1, -0.05) is 12.1 Å². The maximum Gasteiger partial charge on any atom is 0.407 e. The molecule has 2 heterocycles. The lowest BCUT2D eigenvalue weighted by Gasteiger charge is -2.14. The van der Waals surface area contributed by atoms with Crippen LogP contribution in [-0.4, -0.2) is 39.2 Å². The topological polar surface area (TPSA) is 86.3 Å². The maximum absolute atomic E-state index is 12.9. The molecule has 0 radical (unpaired) electrons. The lowest BCUT2D eigenvalue weighted by molar-refractivity contribution is 0.147. The normalized spacial score (nSPS) is 14.2. The minimum absolute atomic E-state index is 0.223. The van der Waals surface area contributed by atoms with Gasteiger partial charge in [-0.15, -0.1) is 0 Å². The Labute approximate surface area is 131 Å². The predicted octanol–water partition coefficient (Wildman–Crippen LogP) is 1.58. The third-order valence-corrected chi connectivity index (χ3v) is 3.96. The van der Waals surface area contributed by atoms with E-state index in [2.05, 4.69) is 9.97 Å². The first-order chi connectivity index (χ1) is 11.0. The van der Waals surface area contributed by atoms with Crippen molar-refractivity contribution in [1.29, 1.82) is 0 Å². The molecule has 0 atom stereocenters. The van der Waals surface area contributed by atoms with Crippen molar-refractivity contribution in [2.45, 2.75) is 19.3 Å². The number of rotatable bonds is 2. The molecule has 3 rings (SSSR count). The minimum atomic E-state index is -0.985. The molecule has 2 aromatic rings. The Hall–Kier alpha value is -2.70. The number of carboxylic acid groups (broad SMARTS) is 1. The van der Waals surface area contributed by atoms with Crippen molar-refractivity contribution in [1.82, 2.24) is 14.9 Å². The monoisotopic (exact) mass is 317 g/mol.